The van der Waals surface area contributed by atoms with Gasteiger partial charge in [-0.05, 0) is 38.5 Å². The van der Waals surface area contributed by atoms with Gasteiger partial charge in [0.1, 0.15) is 0 Å². The lowest BCUT2D eigenvalue weighted by Crippen LogP contribution is -2.25. The topological polar surface area (TPSA) is 0 Å². The maximum Gasteiger partial charge on any atom is 0.0271 e. The Morgan fingerprint density at radius 1 is 0.333 bits per heavy atom. The summed E-state index contributed by atoms with van der Waals surface area (Å²) in [5, 5.41) is 0. The summed E-state index contributed by atoms with van der Waals surface area (Å²) in [7, 11) is 0. The van der Waals surface area contributed by atoms with E-state index in [0.29, 0.717) is 29.0 Å². The van der Waals surface area contributed by atoms with Crippen LogP contribution in [0.5, 0.6) is 0 Å². The third kappa shape index (κ3) is 6.76. The highest BCUT2D eigenvalue weighted by Gasteiger charge is 2.25. The molecule has 6 atom stereocenters. The second-order valence-electron chi connectivity index (χ2n) is 4.83. The third-order valence-electron chi connectivity index (χ3n) is 3.33. The van der Waals surface area contributed by atoms with E-state index in [1.54, 1.807) is 0 Å². The van der Waals surface area contributed by atoms with Gasteiger partial charge in [-0.15, -0.1) is 0 Å². The van der Waals surface area contributed by atoms with Crippen LogP contribution in [0.3, 0.4) is 0 Å². The Morgan fingerprint density at radius 2 is 0.444 bits per heavy atom. The van der Waals surface area contributed by atoms with E-state index in [4.69, 9.17) is 0 Å². The van der Waals surface area contributed by atoms with Gasteiger partial charge < -0.3 is 0 Å². The Kier molecular flexibility index (Phi) is 10.3. The molecular weight excluding hydrogens is 624 g/mol. The molecule has 0 N–H and O–H groups in total. The molecule has 0 aromatic rings. The smallest absolute Gasteiger partial charge is 0.0271 e. The molecule has 0 radical (unpaired) electrons. The lowest BCUT2D eigenvalue weighted by molar-refractivity contribution is 0.557. The summed E-state index contributed by atoms with van der Waals surface area (Å²) in [4.78, 5) is 3.36. The lowest BCUT2D eigenvalue weighted by Gasteiger charge is -2.25. The van der Waals surface area contributed by atoms with Crippen molar-refractivity contribution in [3.8, 4) is 0 Å². The van der Waals surface area contributed by atoms with E-state index < -0.39 is 0 Å². The molecule has 0 heterocycles. The molecule has 0 unspecified atom stereocenters. The van der Waals surface area contributed by atoms with Gasteiger partial charge in [0.15, 0.2) is 0 Å². The van der Waals surface area contributed by atoms with Gasteiger partial charge in [0.05, 0.1) is 0 Å². The molecule has 0 amide bonds. The van der Waals surface area contributed by atoms with Crippen molar-refractivity contribution < 1.29 is 0 Å². The monoisotopic (exact) mass is 636 g/mol. The molecule has 1 rings (SSSR count). The van der Waals surface area contributed by atoms with Crippen molar-refractivity contribution in [1.29, 1.82) is 0 Å². The predicted molar refractivity (Wildman–Crippen MR) is 104 cm³/mol. The number of hydrogen-bond acceptors (Lipinski definition) is 0. The quantitative estimate of drug-likeness (QED) is 0.252. The van der Waals surface area contributed by atoms with Gasteiger partial charge in [0.2, 0.25) is 0 Å². The summed E-state index contributed by atoms with van der Waals surface area (Å²) >= 11 is 22.9. The first-order valence-electron chi connectivity index (χ1n) is 6.26. The predicted octanol–water partition coefficient (Wildman–Crippen LogP) is 6.92. The summed E-state index contributed by atoms with van der Waals surface area (Å²) in [6.07, 6.45) is 7.24. The summed E-state index contributed by atoms with van der Waals surface area (Å²) in [6, 6.07) is 0. The molecule has 0 aliphatic heterocycles. The summed E-state index contributed by atoms with van der Waals surface area (Å²) in [6.45, 7) is 0. The van der Waals surface area contributed by atoms with Crippen molar-refractivity contribution in [3.63, 3.8) is 0 Å². The van der Waals surface area contributed by atoms with Crippen LogP contribution in [-0.2, 0) is 0 Å². The second kappa shape index (κ2) is 9.81. The molecule has 0 nitrogen and oxygen atoms in total. The van der Waals surface area contributed by atoms with Crippen molar-refractivity contribution >= 4 is 95.6 Å². The maximum atomic E-state index is 3.82. The molecule has 0 bridgehead atoms. The van der Waals surface area contributed by atoms with Crippen LogP contribution in [0.15, 0.2) is 0 Å². The van der Waals surface area contributed by atoms with E-state index in [2.05, 4.69) is 95.6 Å². The molecule has 0 saturated heterocycles. The van der Waals surface area contributed by atoms with Gasteiger partial charge in [-0.2, -0.15) is 0 Å². The molecule has 6 heteroatoms. The summed E-state index contributed by atoms with van der Waals surface area (Å²) in [5.74, 6) is 0. The third-order valence-corrected chi connectivity index (χ3v) is 12.0. The van der Waals surface area contributed by atoms with Crippen LogP contribution in [0.2, 0.25) is 0 Å². The van der Waals surface area contributed by atoms with Crippen LogP contribution >= 0.6 is 95.6 Å². The molecule has 108 valence electrons. The van der Waals surface area contributed by atoms with E-state index in [1.807, 2.05) is 0 Å². The number of halogens is 6. The van der Waals surface area contributed by atoms with Gasteiger partial charge in [0.25, 0.3) is 0 Å². The Labute approximate surface area is 161 Å². The standard InChI is InChI=1S/C12H18Br6/c13-7-1-2-8(14)10(16)5-6-12(18)11(17)4-3-9(7)15/h7-12H,1-6H2/t7-,8+,9+,10-,11-,12+. The van der Waals surface area contributed by atoms with Crippen LogP contribution in [0.1, 0.15) is 38.5 Å². The van der Waals surface area contributed by atoms with Crippen molar-refractivity contribution in [3.05, 3.63) is 0 Å². The molecule has 0 aromatic carbocycles. The fourth-order valence-electron chi connectivity index (χ4n) is 2.04. The first-order valence-corrected chi connectivity index (χ1v) is 11.8. The molecule has 1 aliphatic rings. The second-order valence-corrected chi connectivity index (χ2v) is 11.9. The van der Waals surface area contributed by atoms with E-state index in [9.17, 15) is 0 Å². The summed E-state index contributed by atoms with van der Waals surface area (Å²) < 4.78 is 0. The lowest BCUT2D eigenvalue weighted by atomic mass is 10.0. The van der Waals surface area contributed by atoms with Gasteiger partial charge >= 0.3 is 0 Å². The molecule has 1 saturated carbocycles. The van der Waals surface area contributed by atoms with E-state index >= 15 is 0 Å². The molecule has 1 aliphatic carbocycles. The maximum absolute atomic E-state index is 3.82. The largest absolute Gasteiger partial charge is 0.0879 e. The average molecular weight is 642 g/mol. The van der Waals surface area contributed by atoms with E-state index in [0.717, 1.165) is 0 Å². The highest BCUT2D eigenvalue weighted by molar-refractivity contribution is 9.13. The van der Waals surface area contributed by atoms with Crippen molar-refractivity contribution in [2.45, 2.75) is 67.5 Å². The molecule has 0 spiro atoms. The van der Waals surface area contributed by atoms with Crippen molar-refractivity contribution in [2.24, 2.45) is 0 Å². The minimum atomic E-state index is 0.560. The molecule has 18 heavy (non-hydrogen) atoms. The number of hydrogen-bond donors (Lipinski definition) is 0. The van der Waals surface area contributed by atoms with Crippen LogP contribution < -0.4 is 0 Å². The number of rotatable bonds is 0. The fourth-order valence-corrected chi connectivity index (χ4v) is 5.21. The van der Waals surface area contributed by atoms with Crippen LogP contribution in [0.25, 0.3) is 0 Å². The number of alkyl halides is 6. The molecular formula is C12H18Br6. The fraction of sp³-hybridized carbons (Fsp3) is 1.00. The van der Waals surface area contributed by atoms with E-state index in [-0.39, 0.29) is 0 Å². The van der Waals surface area contributed by atoms with Crippen molar-refractivity contribution in [2.75, 3.05) is 0 Å². The normalized spacial score (nSPS) is 45.0. The molecule has 1 fully saturated rings. The van der Waals surface area contributed by atoms with Gasteiger partial charge in [-0.25, -0.2) is 0 Å². The zero-order valence-electron chi connectivity index (χ0n) is 9.97. The SMILES string of the molecule is Br[C@@H]1CC[C@H](Br)[C@H](Br)CC[C@H](Br)[C@H](Br)CC[C@@H]1Br. The van der Waals surface area contributed by atoms with E-state index in [1.165, 1.54) is 38.5 Å². The van der Waals surface area contributed by atoms with Crippen LogP contribution in [0, 0.1) is 0 Å². The highest BCUT2D eigenvalue weighted by atomic mass is 79.9. The van der Waals surface area contributed by atoms with Gasteiger partial charge in [0, 0.05) is 29.0 Å². The van der Waals surface area contributed by atoms with Crippen molar-refractivity contribution in [1.82, 2.24) is 0 Å². The highest BCUT2D eigenvalue weighted by Crippen LogP contribution is 2.34. The average Bonchev–Trinajstić information content (AvgIpc) is 2.36. The molecule has 0 aromatic heterocycles. The Balaban J connectivity index is 2.61. The van der Waals surface area contributed by atoms with Gasteiger partial charge in [-0.3, -0.25) is 0 Å². The first-order chi connectivity index (χ1) is 8.41. The zero-order chi connectivity index (χ0) is 13.7. The van der Waals surface area contributed by atoms with Crippen LogP contribution in [-0.4, -0.2) is 29.0 Å². The Bertz CT molecular complexity index is 175. The van der Waals surface area contributed by atoms with Gasteiger partial charge in [-0.1, -0.05) is 95.6 Å². The zero-order valence-corrected chi connectivity index (χ0v) is 19.5. The minimum absolute atomic E-state index is 0.560. The summed E-state index contributed by atoms with van der Waals surface area (Å²) in [5.41, 5.74) is 0. The minimum Gasteiger partial charge on any atom is -0.0879 e. The first kappa shape index (κ1) is 18.9. The Hall–Kier alpha value is 2.88. The van der Waals surface area contributed by atoms with Crippen LogP contribution in [0.4, 0.5) is 0 Å². The Morgan fingerprint density at radius 3 is 0.556 bits per heavy atom.